The Hall–Kier alpha value is -4.00. The van der Waals surface area contributed by atoms with Gasteiger partial charge in [-0.2, -0.15) is 5.10 Å². The van der Waals surface area contributed by atoms with Gasteiger partial charge in [0.25, 0.3) is 11.6 Å². The third kappa shape index (κ3) is 5.25. The summed E-state index contributed by atoms with van der Waals surface area (Å²) < 4.78 is 5.76. The Kier molecular flexibility index (Phi) is 6.10. The minimum Gasteiger partial charge on any atom is -0.489 e. The lowest BCUT2D eigenvalue weighted by Gasteiger charge is -2.06. The number of ether oxygens (including phenoxy) is 1. The van der Waals surface area contributed by atoms with E-state index < -0.39 is 10.8 Å². The van der Waals surface area contributed by atoms with Crippen LogP contribution in [0.5, 0.6) is 5.75 Å². The molecule has 1 amide bonds. The van der Waals surface area contributed by atoms with Crippen LogP contribution in [-0.4, -0.2) is 17.0 Å². The Labute approximate surface area is 161 Å². The van der Waals surface area contributed by atoms with Crippen LogP contribution in [0.4, 0.5) is 5.69 Å². The second-order valence-electron chi connectivity index (χ2n) is 5.85. The first-order valence-corrected chi connectivity index (χ1v) is 8.46. The highest BCUT2D eigenvalue weighted by atomic mass is 16.6. The van der Waals surface area contributed by atoms with E-state index in [0.717, 1.165) is 11.1 Å². The Morgan fingerprint density at radius 1 is 1.04 bits per heavy atom. The minimum absolute atomic E-state index is 0.0765. The average Bonchev–Trinajstić information content (AvgIpc) is 2.73. The molecule has 3 aromatic rings. The van der Waals surface area contributed by atoms with E-state index in [-0.39, 0.29) is 11.3 Å². The average molecular weight is 375 g/mol. The molecule has 140 valence electrons. The monoisotopic (exact) mass is 375 g/mol. The van der Waals surface area contributed by atoms with Crippen molar-refractivity contribution < 1.29 is 14.5 Å². The second-order valence-corrected chi connectivity index (χ2v) is 5.85. The van der Waals surface area contributed by atoms with E-state index in [1.807, 2.05) is 54.6 Å². The molecule has 3 rings (SSSR count). The summed E-state index contributed by atoms with van der Waals surface area (Å²) in [5.41, 5.74) is 4.42. The van der Waals surface area contributed by atoms with Crippen molar-refractivity contribution in [1.29, 1.82) is 0 Å². The molecule has 7 heteroatoms. The van der Waals surface area contributed by atoms with Gasteiger partial charge in [-0.3, -0.25) is 14.9 Å². The molecule has 0 unspecified atom stereocenters. The molecule has 0 radical (unpaired) electrons. The molecule has 0 spiro atoms. The summed E-state index contributed by atoms with van der Waals surface area (Å²) in [4.78, 5) is 22.1. The third-order valence-electron chi connectivity index (χ3n) is 3.83. The fraction of sp³-hybridized carbons (Fsp3) is 0.0476. The first-order valence-electron chi connectivity index (χ1n) is 8.46. The highest BCUT2D eigenvalue weighted by Gasteiger charge is 2.08. The number of benzene rings is 3. The Bertz CT molecular complexity index is 986. The number of amides is 1. The number of rotatable bonds is 7. The zero-order chi connectivity index (χ0) is 19.8. The molecular weight excluding hydrogens is 358 g/mol. The van der Waals surface area contributed by atoms with Crippen LogP contribution in [0.25, 0.3) is 0 Å². The maximum absolute atomic E-state index is 12.0. The number of hydrogen-bond donors (Lipinski definition) is 1. The van der Waals surface area contributed by atoms with Crippen molar-refractivity contribution in [2.75, 3.05) is 0 Å². The van der Waals surface area contributed by atoms with Crippen LogP contribution in [0.15, 0.2) is 84.0 Å². The third-order valence-corrected chi connectivity index (χ3v) is 3.83. The van der Waals surface area contributed by atoms with E-state index in [1.54, 1.807) is 0 Å². The number of hydrazone groups is 1. The number of nitrogens with one attached hydrogen (secondary N) is 1. The van der Waals surface area contributed by atoms with Gasteiger partial charge in [0.1, 0.15) is 12.4 Å². The number of hydrogen-bond acceptors (Lipinski definition) is 5. The van der Waals surface area contributed by atoms with Crippen molar-refractivity contribution in [3.8, 4) is 5.75 Å². The van der Waals surface area contributed by atoms with Crippen molar-refractivity contribution in [3.05, 3.63) is 106 Å². The van der Waals surface area contributed by atoms with Crippen molar-refractivity contribution in [2.45, 2.75) is 6.61 Å². The van der Waals surface area contributed by atoms with Gasteiger partial charge in [0.15, 0.2) is 0 Å². The smallest absolute Gasteiger partial charge is 0.271 e. The summed E-state index contributed by atoms with van der Waals surface area (Å²) in [6.45, 7) is 0.457. The van der Waals surface area contributed by atoms with Crippen LogP contribution in [0.3, 0.4) is 0 Å². The molecule has 7 nitrogen and oxygen atoms in total. The summed E-state index contributed by atoms with van der Waals surface area (Å²) in [7, 11) is 0. The van der Waals surface area contributed by atoms with E-state index >= 15 is 0 Å². The van der Waals surface area contributed by atoms with Crippen molar-refractivity contribution in [3.63, 3.8) is 0 Å². The Morgan fingerprint density at radius 2 is 1.79 bits per heavy atom. The summed E-state index contributed by atoms with van der Waals surface area (Å²) in [5, 5.41) is 14.6. The Morgan fingerprint density at radius 3 is 2.50 bits per heavy atom. The zero-order valence-electron chi connectivity index (χ0n) is 14.8. The molecule has 0 aromatic heterocycles. The fourth-order valence-electron chi connectivity index (χ4n) is 2.39. The Balaban J connectivity index is 1.56. The number of non-ortho nitro benzene ring substituents is 1. The summed E-state index contributed by atoms with van der Waals surface area (Å²) in [5.74, 6) is 0.233. The van der Waals surface area contributed by atoms with Crippen LogP contribution in [0, 0.1) is 10.1 Å². The lowest BCUT2D eigenvalue weighted by Crippen LogP contribution is -2.17. The minimum atomic E-state index is -0.521. The fourth-order valence-corrected chi connectivity index (χ4v) is 2.39. The topological polar surface area (TPSA) is 93.8 Å². The molecule has 0 bridgehead atoms. The highest BCUT2D eigenvalue weighted by Crippen LogP contribution is 2.14. The van der Waals surface area contributed by atoms with Gasteiger partial charge in [-0.15, -0.1) is 0 Å². The molecule has 28 heavy (non-hydrogen) atoms. The number of carbonyl (C=O) groups excluding carboxylic acids is 1. The van der Waals surface area contributed by atoms with Gasteiger partial charge in [-0.1, -0.05) is 42.5 Å². The van der Waals surface area contributed by atoms with Crippen LogP contribution in [0.1, 0.15) is 21.5 Å². The summed E-state index contributed by atoms with van der Waals surface area (Å²) >= 11 is 0. The van der Waals surface area contributed by atoms with Crippen LogP contribution in [-0.2, 0) is 6.61 Å². The standard InChI is InChI=1S/C21H17N3O4/c25-21(18-9-11-19(12-10-18)24(26)27)23-22-14-17-7-4-8-20(13-17)28-15-16-5-2-1-3-6-16/h1-14H,15H2,(H,23,25)/b22-14+. The first kappa shape index (κ1) is 18.8. The maximum Gasteiger partial charge on any atom is 0.271 e. The quantitative estimate of drug-likeness (QED) is 0.384. The van der Waals surface area contributed by atoms with Gasteiger partial charge in [-0.25, -0.2) is 5.43 Å². The molecular formula is C21H17N3O4. The van der Waals surface area contributed by atoms with E-state index in [9.17, 15) is 14.9 Å². The first-order chi connectivity index (χ1) is 13.6. The molecule has 0 heterocycles. The van der Waals surface area contributed by atoms with E-state index in [0.29, 0.717) is 12.4 Å². The van der Waals surface area contributed by atoms with E-state index in [4.69, 9.17) is 4.74 Å². The molecule has 0 saturated heterocycles. The predicted octanol–water partition coefficient (Wildman–Crippen LogP) is 3.94. The van der Waals surface area contributed by atoms with Gasteiger partial charge in [0.05, 0.1) is 11.1 Å². The zero-order valence-corrected chi connectivity index (χ0v) is 14.8. The van der Waals surface area contributed by atoms with Gasteiger partial charge in [0, 0.05) is 17.7 Å². The van der Waals surface area contributed by atoms with Crippen molar-refractivity contribution in [1.82, 2.24) is 5.43 Å². The van der Waals surface area contributed by atoms with Gasteiger partial charge >= 0.3 is 0 Å². The molecule has 0 saturated carbocycles. The molecule has 0 fully saturated rings. The molecule has 1 N–H and O–H groups in total. The summed E-state index contributed by atoms with van der Waals surface area (Å²) in [6, 6.07) is 22.4. The summed E-state index contributed by atoms with van der Waals surface area (Å²) in [6.07, 6.45) is 1.50. The van der Waals surface area contributed by atoms with Crippen LogP contribution < -0.4 is 10.2 Å². The highest BCUT2D eigenvalue weighted by molar-refractivity contribution is 5.95. The number of nitro benzene ring substituents is 1. The van der Waals surface area contributed by atoms with Gasteiger partial charge < -0.3 is 4.74 Å². The maximum atomic E-state index is 12.0. The van der Waals surface area contributed by atoms with Gasteiger partial charge in [0.2, 0.25) is 0 Å². The number of nitro groups is 1. The molecule has 0 aliphatic carbocycles. The van der Waals surface area contributed by atoms with Crippen molar-refractivity contribution >= 4 is 17.8 Å². The predicted molar refractivity (Wildman–Crippen MR) is 105 cm³/mol. The van der Waals surface area contributed by atoms with Crippen LogP contribution >= 0.6 is 0 Å². The molecule has 3 aromatic carbocycles. The second kappa shape index (κ2) is 9.09. The van der Waals surface area contributed by atoms with E-state index in [1.165, 1.54) is 30.5 Å². The molecule has 0 atom stereocenters. The molecule has 0 aliphatic heterocycles. The lowest BCUT2D eigenvalue weighted by atomic mass is 10.2. The lowest BCUT2D eigenvalue weighted by molar-refractivity contribution is -0.384. The van der Waals surface area contributed by atoms with Crippen LogP contribution in [0.2, 0.25) is 0 Å². The van der Waals surface area contributed by atoms with Gasteiger partial charge in [-0.05, 0) is 35.4 Å². The van der Waals surface area contributed by atoms with E-state index in [2.05, 4.69) is 10.5 Å². The molecule has 0 aliphatic rings. The largest absolute Gasteiger partial charge is 0.489 e. The number of nitrogens with zero attached hydrogens (tertiary/aromatic N) is 2. The normalized spacial score (nSPS) is 10.6. The number of carbonyl (C=O) groups is 1. The SMILES string of the molecule is O=C(N/N=C/c1cccc(OCc2ccccc2)c1)c1ccc([N+](=O)[O-])cc1. The van der Waals surface area contributed by atoms with Crippen molar-refractivity contribution in [2.24, 2.45) is 5.10 Å².